The number of fused-ring (bicyclic) bond motifs is 1. The normalized spacial score (nSPS) is 17.4. The van der Waals surface area contributed by atoms with Crippen molar-refractivity contribution in [2.24, 2.45) is 5.92 Å². The van der Waals surface area contributed by atoms with E-state index in [1.165, 1.54) is 37.7 Å². The van der Waals surface area contributed by atoms with Crippen LogP contribution in [0.1, 0.15) is 37.7 Å². The molecule has 2 aromatic rings. The van der Waals surface area contributed by atoms with E-state index in [2.05, 4.69) is 21.5 Å². The maximum absolute atomic E-state index is 5.45. The number of nitrogens with zero attached hydrogens (tertiary/aromatic N) is 2. The summed E-state index contributed by atoms with van der Waals surface area (Å²) in [6.07, 6.45) is 8.67. The first-order valence-electron chi connectivity index (χ1n) is 6.80. The third kappa shape index (κ3) is 2.09. The van der Waals surface area contributed by atoms with Crippen LogP contribution in [0.2, 0.25) is 0 Å². The molecule has 1 N–H and O–H groups in total. The van der Waals surface area contributed by atoms with Gasteiger partial charge < -0.3 is 9.55 Å². The molecule has 3 nitrogen and oxygen atoms in total. The van der Waals surface area contributed by atoms with Crippen molar-refractivity contribution < 1.29 is 0 Å². The molecule has 3 rings (SSSR count). The van der Waals surface area contributed by atoms with Crippen molar-refractivity contribution in [3.05, 3.63) is 22.6 Å². The van der Waals surface area contributed by atoms with E-state index in [-0.39, 0.29) is 0 Å². The molecular formula is C14H19N3S. The molecule has 0 aromatic carbocycles. The van der Waals surface area contributed by atoms with Crippen LogP contribution in [0.25, 0.3) is 11.2 Å². The fourth-order valence-electron chi connectivity index (χ4n) is 2.97. The van der Waals surface area contributed by atoms with E-state index in [1.807, 2.05) is 12.3 Å². The van der Waals surface area contributed by atoms with E-state index in [0.29, 0.717) is 0 Å². The molecule has 4 heteroatoms. The first kappa shape index (κ1) is 11.9. The van der Waals surface area contributed by atoms with Gasteiger partial charge in [0, 0.05) is 12.7 Å². The van der Waals surface area contributed by atoms with Gasteiger partial charge >= 0.3 is 0 Å². The Morgan fingerprint density at radius 3 is 2.94 bits per heavy atom. The van der Waals surface area contributed by atoms with Crippen LogP contribution in [-0.4, -0.2) is 14.5 Å². The number of aromatic amines is 1. The minimum atomic E-state index is 0.770. The van der Waals surface area contributed by atoms with Crippen LogP contribution in [0.4, 0.5) is 0 Å². The number of nitrogens with one attached hydrogen (secondary N) is 1. The van der Waals surface area contributed by atoms with E-state index < -0.39 is 0 Å². The summed E-state index contributed by atoms with van der Waals surface area (Å²) in [4.78, 5) is 7.79. The highest BCUT2D eigenvalue weighted by molar-refractivity contribution is 7.71. The zero-order valence-electron chi connectivity index (χ0n) is 10.8. The van der Waals surface area contributed by atoms with Gasteiger partial charge in [-0.15, -0.1) is 0 Å². The van der Waals surface area contributed by atoms with Gasteiger partial charge in [0.25, 0.3) is 0 Å². The van der Waals surface area contributed by atoms with Gasteiger partial charge in [-0.25, -0.2) is 4.98 Å². The molecule has 0 radical (unpaired) electrons. The second-order valence-electron chi connectivity index (χ2n) is 5.37. The van der Waals surface area contributed by atoms with Crippen molar-refractivity contribution >= 4 is 23.4 Å². The Labute approximate surface area is 112 Å². The first-order chi connectivity index (χ1) is 8.75. The van der Waals surface area contributed by atoms with E-state index in [4.69, 9.17) is 12.2 Å². The highest BCUT2D eigenvalue weighted by Crippen LogP contribution is 2.26. The van der Waals surface area contributed by atoms with Gasteiger partial charge in [0.2, 0.25) is 0 Å². The highest BCUT2D eigenvalue weighted by Gasteiger charge is 2.16. The molecule has 1 aliphatic rings. The van der Waals surface area contributed by atoms with Crippen LogP contribution in [0.3, 0.4) is 0 Å². The Hall–Kier alpha value is -1.16. The summed E-state index contributed by atoms with van der Waals surface area (Å²) in [7, 11) is 0. The molecule has 0 atom stereocenters. The third-order valence-corrected chi connectivity index (χ3v) is 4.36. The van der Waals surface area contributed by atoms with E-state index in [0.717, 1.165) is 28.4 Å². The van der Waals surface area contributed by atoms with Crippen LogP contribution in [0.5, 0.6) is 0 Å². The lowest BCUT2D eigenvalue weighted by Crippen LogP contribution is -2.14. The lowest BCUT2D eigenvalue weighted by molar-refractivity contribution is 0.320. The maximum atomic E-state index is 5.45. The SMILES string of the molecule is Cc1ccnc2c1[nH]c(=S)n2CC1CCCCC1. The van der Waals surface area contributed by atoms with Crippen molar-refractivity contribution in [2.75, 3.05) is 0 Å². The summed E-state index contributed by atoms with van der Waals surface area (Å²) in [5.74, 6) is 0.770. The smallest absolute Gasteiger partial charge is 0.179 e. The summed E-state index contributed by atoms with van der Waals surface area (Å²) in [5, 5.41) is 0. The molecule has 0 amide bonds. The molecule has 1 fully saturated rings. The molecule has 1 saturated carbocycles. The predicted molar refractivity (Wildman–Crippen MR) is 76.2 cm³/mol. The van der Waals surface area contributed by atoms with Crippen molar-refractivity contribution in [3.8, 4) is 0 Å². The van der Waals surface area contributed by atoms with Crippen molar-refractivity contribution in [1.29, 1.82) is 0 Å². The Morgan fingerprint density at radius 1 is 1.39 bits per heavy atom. The number of rotatable bonds is 2. The lowest BCUT2D eigenvalue weighted by atomic mass is 9.89. The second kappa shape index (κ2) is 4.84. The monoisotopic (exact) mass is 261 g/mol. The van der Waals surface area contributed by atoms with Gasteiger partial charge in [0.15, 0.2) is 10.4 Å². The molecule has 96 valence electrons. The van der Waals surface area contributed by atoms with E-state index >= 15 is 0 Å². The van der Waals surface area contributed by atoms with Crippen molar-refractivity contribution in [3.63, 3.8) is 0 Å². The fourth-order valence-corrected chi connectivity index (χ4v) is 3.23. The third-order valence-electron chi connectivity index (χ3n) is 4.04. The minimum Gasteiger partial charge on any atom is -0.329 e. The number of hydrogen-bond donors (Lipinski definition) is 1. The molecule has 0 spiro atoms. The van der Waals surface area contributed by atoms with E-state index in [9.17, 15) is 0 Å². The topological polar surface area (TPSA) is 33.6 Å². The Balaban J connectivity index is 1.98. The number of pyridine rings is 1. The Kier molecular flexibility index (Phi) is 3.20. The van der Waals surface area contributed by atoms with E-state index in [1.54, 1.807) is 0 Å². The van der Waals surface area contributed by atoms with Crippen LogP contribution < -0.4 is 0 Å². The zero-order valence-corrected chi connectivity index (χ0v) is 11.6. The summed E-state index contributed by atoms with van der Waals surface area (Å²) >= 11 is 5.45. The number of hydrogen-bond acceptors (Lipinski definition) is 2. The highest BCUT2D eigenvalue weighted by atomic mass is 32.1. The number of aromatic nitrogens is 3. The maximum Gasteiger partial charge on any atom is 0.179 e. The molecule has 0 aliphatic heterocycles. The van der Waals surface area contributed by atoms with Crippen LogP contribution in [0, 0.1) is 17.6 Å². The lowest BCUT2D eigenvalue weighted by Gasteiger charge is -2.21. The largest absolute Gasteiger partial charge is 0.329 e. The van der Waals surface area contributed by atoms with Gasteiger partial charge in [0.05, 0.1) is 5.52 Å². The zero-order chi connectivity index (χ0) is 12.5. The molecule has 0 bridgehead atoms. The van der Waals surface area contributed by atoms with Gasteiger partial charge in [-0.2, -0.15) is 0 Å². The first-order valence-corrected chi connectivity index (χ1v) is 7.20. The molecule has 1 aliphatic carbocycles. The average Bonchev–Trinajstić information content (AvgIpc) is 2.70. The average molecular weight is 261 g/mol. The number of aryl methyl sites for hydroxylation is 1. The minimum absolute atomic E-state index is 0.770. The van der Waals surface area contributed by atoms with Crippen molar-refractivity contribution in [1.82, 2.24) is 14.5 Å². The standard InChI is InChI=1S/C14H19N3S/c1-10-7-8-15-13-12(10)16-14(18)17(13)9-11-5-3-2-4-6-11/h7-8,11H,2-6,9H2,1H3,(H,16,18). The van der Waals surface area contributed by atoms with Gasteiger partial charge in [-0.05, 0) is 49.5 Å². The van der Waals surface area contributed by atoms with Gasteiger partial charge in [-0.1, -0.05) is 19.3 Å². The van der Waals surface area contributed by atoms with Crippen LogP contribution in [0.15, 0.2) is 12.3 Å². The van der Waals surface area contributed by atoms with Gasteiger partial charge in [0.1, 0.15) is 0 Å². The number of imidazole rings is 1. The quantitative estimate of drug-likeness (QED) is 0.829. The van der Waals surface area contributed by atoms with Crippen LogP contribution >= 0.6 is 12.2 Å². The summed E-state index contributed by atoms with van der Waals surface area (Å²) in [6.45, 7) is 3.12. The molecule has 2 aromatic heterocycles. The summed E-state index contributed by atoms with van der Waals surface area (Å²) in [5.41, 5.74) is 3.33. The molecular weight excluding hydrogens is 242 g/mol. The summed E-state index contributed by atoms with van der Waals surface area (Å²) < 4.78 is 3.01. The second-order valence-corrected chi connectivity index (χ2v) is 5.76. The van der Waals surface area contributed by atoms with Crippen LogP contribution in [-0.2, 0) is 6.54 Å². The Morgan fingerprint density at radius 2 is 2.17 bits per heavy atom. The van der Waals surface area contributed by atoms with Gasteiger partial charge in [-0.3, -0.25) is 0 Å². The predicted octanol–water partition coefficient (Wildman–Crippen LogP) is 3.98. The Bertz CT molecular complexity index is 605. The van der Waals surface area contributed by atoms with Crippen molar-refractivity contribution in [2.45, 2.75) is 45.6 Å². The molecule has 0 saturated heterocycles. The fraction of sp³-hybridized carbons (Fsp3) is 0.571. The molecule has 0 unspecified atom stereocenters. The molecule has 18 heavy (non-hydrogen) atoms. The molecule has 2 heterocycles. The number of H-pyrrole nitrogens is 1. The summed E-state index contributed by atoms with van der Waals surface area (Å²) in [6, 6.07) is 2.03.